The third kappa shape index (κ3) is 4.49. The topological polar surface area (TPSA) is 90.7 Å². The van der Waals surface area contributed by atoms with Crippen LogP contribution in [0.1, 0.15) is 17.5 Å². The quantitative estimate of drug-likeness (QED) is 0.759. The Hall–Kier alpha value is -0.990. The van der Waals surface area contributed by atoms with E-state index in [1.165, 1.54) is 0 Å². The fourth-order valence-corrected chi connectivity index (χ4v) is 3.46. The Balaban J connectivity index is 1.94. The normalized spacial score (nSPS) is 22.6. The van der Waals surface area contributed by atoms with Crippen LogP contribution < -0.4 is 10.5 Å². The molecule has 1 saturated heterocycles. The molecule has 1 aromatic carbocycles. The molecular formula is C14H22N2O4S. The third-order valence-electron chi connectivity index (χ3n) is 3.73. The Bertz CT molecular complexity index is 551. The van der Waals surface area contributed by atoms with E-state index in [1.807, 2.05) is 12.1 Å². The van der Waals surface area contributed by atoms with Crippen LogP contribution in [0.15, 0.2) is 24.3 Å². The molecule has 0 spiro atoms. The molecule has 1 atom stereocenters. The van der Waals surface area contributed by atoms with Crippen LogP contribution in [0, 0.1) is 0 Å². The molecule has 21 heavy (non-hydrogen) atoms. The average Bonchev–Trinajstić information content (AvgIpc) is 2.95. The number of benzene rings is 1. The van der Waals surface area contributed by atoms with Crippen LogP contribution in [-0.4, -0.2) is 40.9 Å². The Morgan fingerprint density at radius 3 is 2.52 bits per heavy atom. The summed E-state index contributed by atoms with van der Waals surface area (Å²) in [5.41, 5.74) is 6.68. The fourth-order valence-electron chi connectivity index (χ4n) is 2.24. The largest absolute Gasteiger partial charge is 0.378 e. The summed E-state index contributed by atoms with van der Waals surface area (Å²) in [5, 5.41) is 0. The van der Waals surface area contributed by atoms with Gasteiger partial charge < -0.3 is 15.2 Å². The molecule has 1 aromatic rings. The van der Waals surface area contributed by atoms with E-state index in [4.69, 9.17) is 15.2 Å². The lowest BCUT2D eigenvalue weighted by atomic mass is 10.0. The van der Waals surface area contributed by atoms with Crippen molar-refractivity contribution in [1.29, 1.82) is 0 Å². The first-order valence-electron chi connectivity index (χ1n) is 6.87. The highest BCUT2D eigenvalue weighted by Crippen LogP contribution is 2.22. The van der Waals surface area contributed by atoms with Crippen molar-refractivity contribution in [2.75, 3.05) is 26.9 Å². The minimum Gasteiger partial charge on any atom is -0.378 e. The van der Waals surface area contributed by atoms with Gasteiger partial charge in [-0.25, -0.2) is 13.1 Å². The van der Waals surface area contributed by atoms with Crippen LogP contribution in [0.25, 0.3) is 0 Å². The van der Waals surface area contributed by atoms with Crippen LogP contribution in [0.5, 0.6) is 0 Å². The summed E-state index contributed by atoms with van der Waals surface area (Å²) in [6.07, 6.45) is 0.692. The molecule has 1 aliphatic heterocycles. The number of hydrogen-bond donors (Lipinski definition) is 2. The van der Waals surface area contributed by atoms with Gasteiger partial charge in [-0.3, -0.25) is 0 Å². The van der Waals surface area contributed by atoms with Gasteiger partial charge in [0.1, 0.15) is 5.60 Å². The zero-order chi connectivity index (χ0) is 15.3. The number of nitrogens with two attached hydrogens (primary N) is 1. The Labute approximate surface area is 125 Å². The van der Waals surface area contributed by atoms with Crippen LogP contribution in [0.2, 0.25) is 0 Å². The number of nitrogens with one attached hydrogen (secondary N) is 1. The summed E-state index contributed by atoms with van der Waals surface area (Å²) in [7, 11) is -1.83. The molecule has 6 nitrogen and oxygen atoms in total. The molecule has 0 bridgehead atoms. The van der Waals surface area contributed by atoms with E-state index in [-0.39, 0.29) is 12.3 Å². The molecule has 1 aliphatic rings. The zero-order valence-corrected chi connectivity index (χ0v) is 13.0. The van der Waals surface area contributed by atoms with Gasteiger partial charge in [0.25, 0.3) is 0 Å². The molecule has 1 unspecified atom stereocenters. The van der Waals surface area contributed by atoms with Gasteiger partial charge in [0.05, 0.1) is 12.4 Å². The molecule has 3 N–H and O–H groups in total. The predicted octanol–water partition coefficient (Wildman–Crippen LogP) is 0.370. The lowest BCUT2D eigenvalue weighted by molar-refractivity contribution is -0.0120. The summed E-state index contributed by atoms with van der Waals surface area (Å²) < 4.78 is 37.6. The molecule has 0 aromatic heterocycles. The first kappa shape index (κ1) is 16.4. The van der Waals surface area contributed by atoms with Gasteiger partial charge in [0.15, 0.2) is 0 Å². The van der Waals surface area contributed by atoms with Crippen LogP contribution in [-0.2, 0) is 31.8 Å². The maximum absolute atomic E-state index is 12.1. The van der Waals surface area contributed by atoms with Crippen molar-refractivity contribution < 1.29 is 17.9 Å². The number of hydrogen-bond acceptors (Lipinski definition) is 5. The minimum absolute atomic E-state index is 0.0570. The highest BCUT2D eigenvalue weighted by atomic mass is 32.2. The number of sulfonamides is 1. The van der Waals surface area contributed by atoms with Gasteiger partial charge >= 0.3 is 0 Å². The second-order valence-corrected chi connectivity index (χ2v) is 7.10. The Morgan fingerprint density at radius 1 is 1.33 bits per heavy atom. The van der Waals surface area contributed by atoms with Crippen molar-refractivity contribution in [3.05, 3.63) is 35.4 Å². The standard InChI is InChI=1S/C14H22N2O4S/c1-19-14(6-7-20-11-14)10-16-21(17,18)9-13-4-2-12(8-15)3-5-13/h2-5,16H,6-11,15H2,1H3. The second kappa shape index (κ2) is 6.85. The van der Waals surface area contributed by atoms with Gasteiger partial charge in [-0.05, 0) is 11.1 Å². The van der Waals surface area contributed by atoms with Gasteiger partial charge in [0, 0.05) is 33.2 Å². The average molecular weight is 314 g/mol. The maximum Gasteiger partial charge on any atom is 0.215 e. The molecule has 2 rings (SSSR count). The smallest absolute Gasteiger partial charge is 0.215 e. The van der Waals surface area contributed by atoms with Gasteiger partial charge in [-0.2, -0.15) is 0 Å². The van der Waals surface area contributed by atoms with Gasteiger partial charge in [0.2, 0.25) is 10.0 Å². The van der Waals surface area contributed by atoms with Crippen molar-refractivity contribution in [3.63, 3.8) is 0 Å². The molecule has 118 valence electrons. The van der Waals surface area contributed by atoms with Crippen molar-refractivity contribution in [3.8, 4) is 0 Å². The van der Waals surface area contributed by atoms with E-state index in [0.29, 0.717) is 26.2 Å². The van der Waals surface area contributed by atoms with Crippen molar-refractivity contribution >= 4 is 10.0 Å². The van der Waals surface area contributed by atoms with Crippen molar-refractivity contribution in [1.82, 2.24) is 4.72 Å². The molecule has 0 saturated carbocycles. The minimum atomic E-state index is -3.41. The van der Waals surface area contributed by atoms with E-state index < -0.39 is 15.6 Å². The number of methoxy groups -OCH3 is 1. The molecule has 0 amide bonds. The van der Waals surface area contributed by atoms with Gasteiger partial charge in [-0.15, -0.1) is 0 Å². The van der Waals surface area contributed by atoms with Crippen LogP contribution in [0.4, 0.5) is 0 Å². The first-order chi connectivity index (χ1) is 9.99. The summed E-state index contributed by atoms with van der Waals surface area (Å²) in [6, 6.07) is 7.25. The molecule has 7 heteroatoms. The zero-order valence-electron chi connectivity index (χ0n) is 12.2. The Morgan fingerprint density at radius 2 is 2.00 bits per heavy atom. The second-order valence-electron chi connectivity index (χ2n) is 5.29. The lowest BCUT2D eigenvalue weighted by Crippen LogP contribution is -2.45. The summed E-state index contributed by atoms with van der Waals surface area (Å²) in [4.78, 5) is 0. The summed E-state index contributed by atoms with van der Waals surface area (Å²) in [6.45, 7) is 1.68. The summed E-state index contributed by atoms with van der Waals surface area (Å²) in [5.74, 6) is -0.0570. The van der Waals surface area contributed by atoms with Crippen LogP contribution >= 0.6 is 0 Å². The van der Waals surface area contributed by atoms with E-state index >= 15 is 0 Å². The van der Waals surface area contributed by atoms with Crippen molar-refractivity contribution in [2.45, 2.75) is 24.3 Å². The number of ether oxygens (including phenoxy) is 2. The van der Waals surface area contributed by atoms with Crippen molar-refractivity contribution in [2.24, 2.45) is 5.73 Å². The van der Waals surface area contributed by atoms with E-state index in [9.17, 15) is 8.42 Å². The molecule has 0 aliphatic carbocycles. The van der Waals surface area contributed by atoms with E-state index in [0.717, 1.165) is 11.1 Å². The first-order valence-corrected chi connectivity index (χ1v) is 8.52. The molecule has 1 heterocycles. The van der Waals surface area contributed by atoms with E-state index in [1.54, 1.807) is 19.2 Å². The molecular weight excluding hydrogens is 292 g/mol. The maximum atomic E-state index is 12.1. The fraction of sp³-hybridized carbons (Fsp3) is 0.571. The monoisotopic (exact) mass is 314 g/mol. The molecule has 0 radical (unpaired) electrons. The van der Waals surface area contributed by atoms with Gasteiger partial charge in [-0.1, -0.05) is 24.3 Å². The SMILES string of the molecule is COC1(CNS(=O)(=O)Cc2ccc(CN)cc2)CCOC1. The lowest BCUT2D eigenvalue weighted by Gasteiger charge is -2.25. The summed E-state index contributed by atoms with van der Waals surface area (Å²) >= 11 is 0. The Kier molecular flexibility index (Phi) is 5.34. The van der Waals surface area contributed by atoms with E-state index in [2.05, 4.69) is 4.72 Å². The van der Waals surface area contributed by atoms with Crippen LogP contribution in [0.3, 0.4) is 0 Å². The number of rotatable bonds is 7. The molecule has 1 fully saturated rings. The third-order valence-corrected chi connectivity index (χ3v) is 5.03. The highest BCUT2D eigenvalue weighted by molar-refractivity contribution is 7.88. The highest BCUT2D eigenvalue weighted by Gasteiger charge is 2.35. The predicted molar refractivity (Wildman–Crippen MR) is 80.1 cm³/mol.